The Labute approximate surface area is 139 Å². The Morgan fingerprint density at radius 1 is 1.21 bits per heavy atom. The second-order valence-corrected chi connectivity index (χ2v) is 7.29. The molecule has 1 aromatic carbocycles. The van der Waals surface area contributed by atoms with Gasteiger partial charge in [0.1, 0.15) is 0 Å². The largest absolute Gasteiger partial charge is 0.481 e. The van der Waals surface area contributed by atoms with Crippen LogP contribution in [0.15, 0.2) is 52.0 Å². The standard InChI is InChI=1S/C16H17NO6S/c1-11(16(19)20)9-17-15(18)14-12(7-8-23-14)10-24(21,22)13-5-3-2-4-6-13/h2-8,11H,9-10H2,1H3,(H,17,18)(H,19,20). The Balaban J connectivity index is 2.13. The van der Waals surface area contributed by atoms with Gasteiger partial charge in [0.15, 0.2) is 15.6 Å². The van der Waals surface area contributed by atoms with Crippen molar-refractivity contribution in [2.75, 3.05) is 6.54 Å². The van der Waals surface area contributed by atoms with Crippen molar-refractivity contribution < 1.29 is 27.5 Å². The highest BCUT2D eigenvalue weighted by Gasteiger charge is 2.23. The minimum atomic E-state index is -3.62. The quantitative estimate of drug-likeness (QED) is 0.785. The number of aliphatic carboxylic acids is 1. The molecule has 0 radical (unpaired) electrons. The van der Waals surface area contributed by atoms with E-state index in [-0.39, 0.29) is 28.5 Å². The molecule has 0 aliphatic carbocycles. The summed E-state index contributed by atoms with van der Waals surface area (Å²) in [5.74, 6) is -2.97. The first-order chi connectivity index (χ1) is 11.3. The average molecular weight is 351 g/mol. The van der Waals surface area contributed by atoms with Crippen LogP contribution in [-0.4, -0.2) is 31.9 Å². The highest BCUT2D eigenvalue weighted by atomic mass is 32.2. The van der Waals surface area contributed by atoms with E-state index >= 15 is 0 Å². The van der Waals surface area contributed by atoms with E-state index in [9.17, 15) is 18.0 Å². The molecule has 0 saturated carbocycles. The third-order valence-corrected chi connectivity index (χ3v) is 5.07. The summed E-state index contributed by atoms with van der Waals surface area (Å²) in [5.41, 5.74) is 0.222. The van der Waals surface area contributed by atoms with Gasteiger partial charge in [0, 0.05) is 12.1 Å². The molecule has 2 rings (SSSR count). The minimum Gasteiger partial charge on any atom is -0.481 e. The van der Waals surface area contributed by atoms with Crippen LogP contribution in [-0.2, 0) is 20.4 Å². The summed E-state index contributed by atoms with van der Waals surface area (Å²) in [6.07, 6.45) is 1.23. The van der Waals surface area contributed by atoms with E-state index in [1.807, 2.05) is 0 Å². The first-order valence-corrected chi connectivity index (χ1v) is 8.81. The summed E-state index contributed by atoms with van der Waals surface area (Å²) in [7, 11) is -3.62. The Hall–Kier alpha value is -2.61. The molecular weight excluding hydrogens is 334 g/mol. The third kappa shape index (κ3) is 4.23. The molecule has 0 saturated heterocycles. The highest BCUT2D eigenvalue weighted by Crippen LogP contribution is 2.19. The maximum atomic E-state index is 12.4. The fourth-order valence-electron chi connectivity index (χ4n) is 1.98. The fourth-order valence-corrected chi connectivity index (χ4v) is 3.35. The van der Waals surface area contributed by atoms with Gasteiger partial charge >= 0.3 is 5.97 Å². The Morgan fingerprint density at radius 2 is 1.88 bits per heavy atom. The van der Waals surface area contributed by atoms with Crippen molar-refractivity contribution >= 4 is 21.7 Å². The van der Waals surface area contributed by atoms with E-state index in [0.29, 0.717) is 0 Å². The minimum absolute atomic E-state index is 0.0836. The zero-order valence-corrected chi connectivity index (χ0v) is 13.7. The Bertz CT molecular complexity index is 825. The zero-order valence-electron chi connectivity index (χ0n) is 12.9. The summed E-state index contributed by atoms with van der Waals surface area (Å²) in [4.78, 5) is 23.0. The van der Waals surface area contributed by atoms with Crippen LogP contribution in [0.3, 0.4) is 0 Å². The van der Waals surface area contributed by atoms with Crippen LogP contribution in [0.1, 0.15) is 23.0 Å². The number of nitrogens with one attached hydrogen (secondary N) is 1. The summed E-state index contributed by atoms with van der Waals surface area (Å²) in [6.45, 7) is 1.37. The smallest absolute Gasteiger partial charge is 0.308 e. The lowest BCUT2D eigenvalue weighted by molar-refractivity contribution is -0.140. The average Bonchev–Trinajstić information content (AvgIpc) is 3.00. The first kappa shape index (κ1) is 17.7. The maximum absolute atomic E-state index is 12.4. The van der Waals surface area contributed by atoms with E-state index in [1.54, 1.807) is 18.2 Å². The number of hydrogen-bond donors (Lipinski definition) is 2. The summed E-state index contributed by atoms with van der Waals surface area (Å²) in [5, 5.41) is 11.2. The number of carboxylic acid groups (broad SMARTS) is 1. The van der Waals surface area contributed by atoms with Gasteiger partial charge in [0.2, 0.25) is 0 Å². The van der Waals surface area contributed by atoms with Gasteiger partial charge in [-0.25, -0.2) is 8.42 Å². The van der Waals surface area contributed by atoms with E-state index in [0.717, 1.165) is 0 Å². The summed E-state index contributed by atoms with van der Waals surface area (Å²) < 4.78 is 29.8. The molecule has 0 aliphatic rings. The molecule has 0 aliphatic heterocycles. The van der Waals surface area contributed by atoms with Crippen LogP contribution in [0, 0.1) is 5.92 Å². The molecule has 1 aromatic heterocycles. The van der Waals surface area contributed by atoms with Crippen molar-refractivity contribution in [2.24, 2.45) is 5.92 Å². The van der Waals surface area contributed by atoms with Crippen molar-refractivity contribution in [1.29, 1.82) is 0 Å². The van der Waals surface area contributed by atoms with Crippen LogP contribution in [0.2, 0.25) is 0 Å². The lowest BCUT2D eigenvalue weighted by atomic mass is 10.2. The van der Waals surface area contributed by atoms with Crippen LogP contribution in [0.5, 0.6) is 0 Å². The van der Waals surface area contributed by atoms with E-state index in [4.69, 9.17) is 9.52 Å². The second kappa shape index (κ2) is 7.31. The zero-order chi connectivity index (χ0) is 17.7. The molecule has 2 aromatic rings. The SMILES string of the molecule is CC(CNC(=O)c1occc1CS(=O)(=O)c1ccccc1)C(=O)O. The third-order valence-electron chi connectivity index (χ3n) is 3.39. The Kier molecular flexibility index (Phi) is 5.40. The van der Waals surface area contributed by atoms with Crippen molar-refractivity contribution in [3.05, 3.63) is 54.0 Å². The predicted molar refractivity (Wildman–Crippen MR) is 85.2 cm³/mol. The van der Waals surface area contributed by atoms with Gasteiger partial charge in [-0.05, 0) is 18.2 Å². The lowest BCUT2D eigenvalue weighted by Gasteiger charge is -2.08. The van der Waals surface area contributed by atoms with Crippen molar-refractivity contribution in [2.45, 2.75) is 17.6 Å². The number of carboxylic acids is 1. The van der Waals surface area contributed by atoms with Gasteiger partial charge < -0.3 is 14.8 Å². The highest BCUT2D eigenvalue weighted by molar-refractivity contribution is 7.90. The molecule has 7 nitrogen and oxygen atoms in total. The molecule has 0 bridgehead atoms. The van der Waals surface area contributed by atoms with Crippen molar-refractivity contribution in [3.63, 3.8) is 0 Å². The molecule has 24 heavy (non-hydrogen) atoms. The number of carbonyl (C=O) groups is 2. The molecule has 1 heterocycles. The molecule has 0 spiro atoms. The Morgan fingerprint density at radius 3 is 2.50 bits per heavy atom. The number of hydrogen-bond acceptors (Lipinski definition) is 5. The summed E-state index contributed by atoms with van der Waals surface area (Å²) >= 11 is 0. The topological polar surface area (TPSA) is 114 Å². The van der Waals surface area contributed by atoms with E-state index in [1.165, 1.54) is 31.4 Å². The first-order valence-electron chi connectivity index (χ1n) is 7.16. The maximum Gasteiger partial charge on any atom is 0.308 e. The number of furan rings is 1. The molecule has 2 N–H and O–H groups in total. The number of benzene rings is 1. The van der Waals surface area contributed by atoms with Gasteiger partial charge in [-0.3, -0.25) is 9.59 Å². The molecular formula is C16H17NO6S. The molecule has 8 heteroatoms. The van der Waals surface area contributed by atoms with Crippen LogP contribution in [0.25, 0.3) is 0 Å². The molecule has 1 atom stereocenters. The van der Waals surface area contributed by atoms with E-state index < -0.39 is 27.6 Å². The molecule has 1 unspecified atom stereocenters. The summed E-state index contributed by atoms with van der Waals surface area (Å²) in [6, 6.07) is 9.30. The van der Waals surface area contributed by atoms with E-state index in [2.05, 4.69) is 5.32 Å². The van der Waals surface area contributed by atoms with Crippen LogP contribution >= 0.6 is 0 Å². The predicted octanol–water partition coefficient (Wildman–Crippen LogP) is 1.70. The molecule has 1 amide bonds. The number of carbonyl (C=O) groups excluding carboxylic acids is 1. The fraction of sp³-hybridized carbons (Fsp3) is 0.250. The van der Waals surface area contributed by atoms with Gasteiger partial charge in [-0.1, -0.05) is 25.1 Å². The monoisotopic (exact) mass is 351 g/mol. The second-order valence-electron chi connectivity index (χ2n) is 5.30. The van der Waals surface area contributed by atoms with Gasteiger partial charge in [0.05, 0.1) is 22.8 Å². The number of rotatable bonds is 7. The normalized spacial score (nSPS) is 12.5. The van der Waals surface area contributed by atoms with Gasteiger partial charge in [0.25, 0.3) is 5.91 Å². The van der Waals surface area contributed by atoms with Crippen molar-refractivity contribution in [1.82, 2.24) is 5.32 Å². The van der Waals surface area contributed by atoms with Gasteiger partial charge in [-0.15, -0.1) is 0 Å². The van der Waals surface area contributed by atoms with Crippen LogP contribution < -0.4 is 5.32 Å². The van der Waals surface area contributed by atoms with Gasteiger partial charge in [-0.2, -0.15) is 0 Å². The molecule has 128 valence electrons. The number of amides is 1. The number of sulfone groups is 1. The van der Waals surface area contributed by atoms with Crippen LogP contribution in [0.4, 0.5) is 0 Å². The lowest BCUT2D eigenvalue weighted by Crippen LogP contribution is -2.31. The molecule has 0 fully saturated rings. The van der Waals surface area contributed by atoms with Crippen molar-refractivity contribution in [3.8, 4) is 0 Å².